The minimum absolute atomic E-state index is 0.0705. The lowest BCUT2D eigenvalue weighted by Crippen LogP contribution is -2.45. The van der Waals surface area contributed by atoms with E-state index in [-0.39, 0.29) is 23.2 Å². The Morgan fingerprint density at radius 1 is 0.955 bits per heavy atom. The summed E-state index contributed by atoms with van der Waals surface area (Å²) in [6.45, 7) is 22.5. The molecular formula is C35H54N2O6Si. The number of nitrogens with zero attached hydrogens (tertiary/aromatic N) is 1. The van der Waals surface area contributed by atoms with Gasteiger partial charge in [-0.25, -0.2) is 9.59 Å². The summed E-state index contributed by atoms with van der Waals surface area (Å²) < 4.78 is 17.6. The van der Waals surface area contributed by atoms with Gasteiger partial charge in [-0.15, -0.1) is 0 Å². The minimum Gasteiger partial charge on any atom is -0.491 e. The molecule has 8 nitrogen and oxygen atoms in total. The lowest BCUT2D eigenvalue weighted by Gasteiger charge is -2.39. The Kier molecular flexibility index (Phi) is 11.6. The van der Waals surface area contributed by atoms with Gasteiger partial charge < -0.3 is 29.2 Å². The predicted molar refractivity (Wildman–Crippen MR) is 181 cm³/mol. The van der Waals surface area contributed by atoms with Crippen LogP contribution in [0.5, 0.6) is 5.75 Å². The summed E-state index contributed by atoms with van der Waals surface area (Å²) in [5.41, 5.74) is 3.26. The van der Waals surface area contributed by atoms with Crippen molar-refractivity contribution in [3.8, 4) is 16.9 Å². The van der Waals surface area contributed by atoms with Gasteiger partial charge in [-0.2, -0.15) is 0 Å². The van der Waals surface area contributed by atoms with Crippen LogP contribution in [0, 0.1) is 6.92 Å². The van der Waals surface area contributed by atoms with Crippen molar-refractivity contribution in [2.45, 2.75) is 117 Å². The van der Waals surface area contributed by atoms with Crippen LogP contribution in [0.25, 0.3) is 11.1 Å². The SMILES string of the molecule is CCN(c1cc(-c2ccc(OCCO[Si](C)(C)C(C)(C)C)cc2)cc(C(=O)O)c1C)C1CCC(NC(=O)OC(C)(C)C)CC1. The number of carboxylic acid groups (broad SMARTS) is 1. The number of aromatic carboxylic acids is 1. The van der Waals surface area contributed by atoms with E-state index in [0.29, 0.717) is 18.8 Å². The molecule has 244 valence electrons. The van der Waals surface area contributed by atoms with E-state index in [1.165, 1.54) is 0 Å². The summed E-state index contributed by atoms with van der Waals surface area (Å²) in [6, 6.07) is 12.0. The molecular weight excluding hydrogens is 572 g/mol. The molecule has 44 heavy (non-hydrogen) atoms. The van der Waals surface area contributed by atoms with Crippen molar-refractivity contribution in [2.24, 2.45) is 0 Å². The Balaban J connectivity index is 1.73. The van der Waals surface area contributed by atoms with Crippen LogP contribution in [0.15, 0.2) is 36.4 Å². The van der Waals surface area contributed by atoms with Crippen LogP contribution in [0.4, 0.5) is 10.5 Å². The predicted octanol–water partition coefficient (Wildman–Crippen LogP) is 8.42. The Hall–Kier alpha value is -3.04. The zero-order valence-electron chi connectivity index (χ0n) is 28.5. The zero-order valence-corrected chi connectivity index (χ0v) is 29.5. The Bertz CT molecular complexity index is 1270. The first-order chi connectivity index (χ1) is 20.4. The molecule has 1 saturated carbocycles. The molecule has 2 aromatic rings. The van der Waals surface area contributed by atoms with Gasteiger partial charge in [-0.1, -0.05) is 32.9 Å². The molecule has 0 radical (unpaired) electrons. The summed E-state index contributed by atoms with van der Waals surface area (Å²) >= 11 is 0. The molecule has 0 bridgehead atoms. The lowest BCUT2D eigenvalue weighted by atomic mass is 9.89. The maximum atomic E-state index is 12.3. The zero-order chi connectivity index (χ0) is 32.9. The number of nitrogens with one attached hydrogen (secondary N) is 1. The third kappa shape index (κ3) is 9.48. The van der Waals surface area contributed by atoms with E-state index in [0.717, 1.165) is 60.4 Å². The van der Waals surface area contributed by atoms with E-state index in [9.17, 15) is 14.7 Å². The van der Waals surface area contributed by atoms with E-state index in [1.807, 2.05) is 52.0 Å². The molecule has 9 heteroatoms. The first-order valence-electron chi connectivity index (χ1n) is 15.9. The highest BCUT2D eigenvalue weighted by molar-refractivity contribution is 6.74. The van der Waals surface area contributed by atoms with Gasteiger partial charge in [0.25, 0.3) is 0 Å². The van der Waals surface area contributed by atoms with Gasteiger partial charge in [-0.05, 0) is 119 Å². The smallest absolute Gasteiger partial charge is 0.407 e. The van der Waals surface area contributed by atoms with Crippen LogP contribution in [-0.2, 0) is 9.16 Å². The van der Waals surface area contributed by atoms with Crippen molar-refractivity contribution in [1.82, 2.24) is 5.32 Å². The van der Waals surface area contributed by atoms with Crippen molar-refractivity contribution >= 4 is 26.1 Å². The van der Waals surface area contributed by atoms with Gasteiger partial charge in [-0.3, -0.25) is 0 Å². The maximum Gasteiger partial charge on any atom is 0.407 e. The number of carbonyl (C=O) groups excluding carboxylic acids is 1. The molecule has 2 aromatic carbocycles. The van der Waals surface area contributed by atoms with Gasteiger partial charge in [0.15, 0.2) is 8.32 Å². The van der Waals surface area contributed by atoms with Crippen LogP contribution in [0.1, 0.15) is 90.1 Å². The summed E-state index contributed by atoms with van der Waals surface area (Å²) in [5, 5.41) is 13.3. The number of amides is 1. The molecule has 0 aliphatic heterocycles. The highest BCUT2D eigenvalue weighted by atomic mass is 28.4. The Morgan fingerprint density at radius 3 is 2.09 bits per heavy atom. The average Bonchev–Trinajstić information content (AvgIpc) is 2.92. The number of hydrogen-bond donors (Lipinski definition) is 2. The summed E-state index contributed by atoms with van der Waals surface area (Å²) in [7, 11) is -1.82. The van der Waals surface area contributed by atoms with E-state index in [1.54, 1.807) is 6.07 Å². The quantitative estimate of drug-likeness (QED) is 0.191. The molecule has 0 unspecified atom stereocenters. The molecule has 1 aliphatic rings. The first-order valence-corrected chi connectivity index (χ1v) is 18.8. The maximum absolute atomic E-state index is 12.3. The number of ether oxygens (including phenoxy) is 2. The van der Waals surface area contributed by atoms with Crippen LogP contribution >= 0.6 is 0 Å². The Morgan fingerprint density at radius 2 is 1.57 bits per heavy atom. The number of hydrogen-bond acceptors (Lipinski definition) is 6. The number of carboxylic acids is 1. The van der Waals surface area contributed by atoms with E-state index < -0.39 is 19.9 Å². The van der Waals surface area contributed by atoms with Crippen LogP contribution in [-0.4, -0.2) is 62.9 Å². The molecule has 0 atom stereocenters. The number of benzene rings is 2. The summed E-state index contributed by atoms with van der Waals surface area (Å²) in [5.74, 6) is -0.182. The van der Waals surface area contributed by atoms with Gasteiger partial charge >= 0.3 is 12.1 Å². The van der Waals surface area contributed by atoms with Crippen molar-refractivity contribution < 1.29 is 28.6 Å². The molecule has 0 saturated heterocycles. The monoisotopic (exact) mass is 626 g/mol. The second kappa shape index (κ2) is 14.4. The molecule has 0 spiro atoms. The van der Waals surface area contributed by atoms with Crippen LogP contribution in [0.2, 0.25) is 18.1 Å². The standard InChI is InChI=1S/C35H54N2O6Si/c1-11-37(28-16-14-27(15-17-28)36-33(40)43-34(3,4)5)31-23-26(22-30(24(31)2)32(38)39)25-12-18-29(19-13-25)41-20-21-42-44(9,10)35(6,7)8/h12-13,18-19,22-23,27-28H,11,14-17,20-21H2,1-10H3,(H,36,40)(H,38,39). The molecule has 1 fully saturated rings. The third-order valence-corrected chi connectivity index (χ3v) is 13.5. The molecule has 1 amide bonds. The lowest BCUT2D eigenvalue weighted by molar-refractivity contribution is 0.0490. The fraction of sp³-hybridized carbons (Fsp3) is 0.600. The van der Waals surface area contributed by atoms with Gasteiger partial charge in [0.2, 0.25) is 0 Å². The summed E-state index contributed by atoms with van der Waals surface area (Å²) in [4.78, 5) is 26.9. The molecule has 1 aliphatic carbocycles. The fourth-order valence-electron chi connectivity index (χ4n) is 5.43. The molecule has 0 heterocycles. The third-order valence-electron chi connectivity index (χ3n) is 8.93. The second-order valence-corrected chi connectivity index (χ2v) is 19.2. The number of rotatable bonds is 11. The number of anilines is 1. The topological polar surface area (TPSA) is 97.3 Å². The highest BCUT2D eigenvalue weighted by Crippen LogP contribution is 2.37. The second-order valence-electron chi connectivity index (χ2n) is 14.4. The molecule has 0 aromatic heterocycles. The van der Waals surface area contributed by atoms with Crippen molar-refractivity contribution in [3.05, 3.63) is 47.5 Å². The van der Waals surface area contributed by atoms with Crippen molar-refractivity contribution in [3.63, 3.8) is 0 Å². The highest BCUT2D eigenvalue weighted by Gasteiger charge is 2.37. The van der Waals surface area contributed by atoms with Crippen molar-refractivity contribution in [2.75, 3.05) is 24.7 Å². The van der Waals surface area contributed by atoms with E-state index >= 15 is 0 Å². The largest absolute Gasteiger partial charge is 0.491 e. The average molecular weight is 627 g/mol. The number of carbonyl (C=O) groups is 2. The fourth-order valence-corrected chi connectivity index (χ4v) is 6.46. The van der Waals surface area contributed by atoms with Crippen molar-refractivity contribution in [1.29, 1.82) is 0 Å². The molecule has 3 rings (SSSR count). The van der Waals surface area contributed by atoms with Gasteiger partial charge in [0.1, 0.15) is 18.0 Å². The normalized spacial score (nSPS) is 17.6. The van der Waals surface area contributed by atoms with E-state index in [2.05, 4.69) is 57.1 Å². The number of alkyl carbamates (subject to hydrolysis) is 1. The van der Waals surface area contributed by atoms with Crippen LogP contribution in [0.3, 0.4) is 0 Å². The Labute approximate surface area is 265 Å². The van der Waals surface area contributed by atoms with Gasteiger partial charge in [0, 0.05) is 24.3 Å². The summed E-state index contributed by atoms with van der Waals surface area (Å²) in [6.07, 6.45) is 3.09. The van der Waals surface area contributed by atoms with Gasteiger partial charge in [0.05, 0.1) is 12.2 Å². The van der Waals surface area contributed by atoms with E-state index in [4.69, 9.17) is 13.9 Å². The molecule has 2 N–H and O–H groups in total. The first kappa shape index (κ1) is 35.4. The van der Waals surface area contributed by atoms with Crippen LogP contribution < -0.4 is 15.0 Å². The minimum atomic E-state index is -1.82.